The van der Waals surface area contributed by atoms with Crippen molar-refractivity contribution in [2.75, 3.05) is 51.0 Å². The third-order valence-corrected chi connectivity index (χ3v) is 7.13. The predicted octanol–water partition coefficient (Wildman–Crippen LogP) is 4.98. The summed E-state index contributed by atoms with van der Waals surface area (Å²) in [5, 5.41) is 16.2. The van der Waals surface area contributed by atoms with Gasteiger partial charge < -0.3 is 9.47 Å². The molecular weight excluding hydrogens is 462 g/mol. The van der Waals surface area contributed by atoms with E-state index < -0.39 is 0 Å². The second-order valence-electron chi connectivity index (χ2n) is 9.65. The highest BCUT2D eigenvalue weighted by molar-refractivity contribution is 5.78. The Kier molecular flexibility index (Phi) is 7.79. The highest BCUT2D eigenvalue weighted by Gasteiger charge is 2.25. The topological polar surface area (TPSA) is 74.0 Å². The number of aryl methyl sites for hydroxylation is 1. The number of hydrogen-bond donors (Lipinski definition) is 0. The third kappa shape index (κ3) is 5.82. The molecule has 0 saturated carbocycles. The fraction of sp³-hybridized carbons (Fsp3) is 0.367. The summed E-state index contributed by atoms with van der Waals surface area (Å²) in [4.78, 5) is 6.75. The van der Waals surface area contributed by atoms with Gasteiger partial charge in [0.25, 0.3) is 0 Å². The number of nitriles is 1. The summed E-state index contributed by atoms with van der Waals surface area (Å²) in [5.41, 5.74) is 6.54. The van der Waals surface area contributed by atoms with E-state index in [1.165, 1.54) is 0 Å². The van der Waals surface area contributed by atoms with Crippen LogP contribution in [0.3, 0.4) is 0 Å². The molecule has 1 fully saturated rings. The molecular formula is C30H33N5O2. The van der Waals surface area contributed by atoms with Crippen molar-refractivity contribution in [2.24, 2.45) is 5.10 Å². The Balaban J connectivity index is 1.29. The van der Waals surface area contributed by atoms with E-state index >= 15 is 0 Å². The zero-order chi connectivity index (χ0) is 25.6. The number of pyridine rings is 1. The molecule has 0 amide bonds. The lowest BCUT2D eigenvalue weighted by Gasteiger charge is -2.26. The lowest BCUT2D eigenvalue weighted by atomic mass is 9.96. The number of nitrogens with zero attached hydrogens (tertiary/aromatic N) is 5. The van der Waals surface area contributed by atoms with E-state index in [0.29, 0.717) is 6.61 Å². The van der Waals surface area contributed by atoms with Gasteiger partial charge in [-0.05, 0) is 54.3 Å². The molecule has 7 nitrogen and oxygen atoms in total. The van der Waals surface area contributed by atoms with Gasteiger partial charge in [0.1, 0.15) is 12.4 Å². The maximum atomic E-state index is 9.33. The van der Waals surface area contributed by atoms with Crippen molar-refractivity contribution in [3.63, 3.8) is 0 Å². The van der Waals surface area contributed by atoms with E-state index in [9.17, 15) is 5.26 Å². The van der Waals surface area contributed by atoms with Crippen molar-refractivity contribution in [1.82, 2.24) is 9.88 Å². The van der Waals surface area contributed by atoms with Crippen LogP contribution in [0.15, 0.2) is 66.0 Å². The standard InChI is InChI=1S/C30H33N5O2/c1-22-6-7-26(25-5-3-4-24(16-25)23(2)18-31)17-29(22)35-21-27(19-33-35)28-20-32-9-8-30(28)37-15-12-34-10-13-36-14-11-34/h3-9,16-17,19-20,23,27H,10-15,21H2,1-2H3. The molecule has 2 aliphatic rings. The Hall–Kier alpha value is -3.73. The number of ether oxygens (including phenoxy) is 2. The molecule has 0 N–H and O–H groups in total. The van der Waals surface area contributed by atoms with Crippen molar-refractivity contribution in [2.45, 2.75) is 25.7 Å². The predicted molar refractivity (Wildman–Crippen MR) is 146 cm³/mol. The van der Waals surface area contributed by atoms with Gasteiger partial charge in [0.15, 0.2) is 0 Å². The molecule has 3 aromatic rings. The molecule has 0 radical (unpaired) electrons. The maximum Gasteiger partial charge on any atom is 0.126 e. The molecule has 190 valence electrons. The molecule has 0 spiro atoms. The molecule has 2 aliphatic heterocycles. The largest absolute Gasteiger partial charge is 0.492 e. The average Bonchev–Trinajstić information content (AvgIpc) is 3.44. The maximum absolute atomic E-state index is 9.33. The second-order valence-corrected chi connectivity index (χ2v) is 9.65. The van der Waals surface area contributed by atoms with Crippen molar-refractivity contribution in [3.05, 3.63) is 77.6 Å². The van der Waals surface area contributed by atoms with E-state index in [0.717, 1.165) is 78.6 Å². The zero-order valence-electron chi connectivity index (χ0n) is 21.5. The van der Waals surface area contributed by atoms with E-state index in [-0.39, 0.29) is 11.8 Å². The summed E-state index contributed by atoms with van der Waals surface area (Å²) in [7, 11) is 0. The molecule has 2 unspecified atom stereocenters. The van der Waals surface area contributed by atoms with Crippen LogP contribution in [0.5, 0.6) is 5.75 Å². The molecule has 0 aliphatic carbocycles. The number of rotatable bonds is 8. The molecule has 0 bridgehead atoms. The van der Waals surface area contributed by atoms with Gasteiger partial charge in [0, 0.05) is 49.7 Å². The first-order chi connectivity index (χ1) is 18.1. The Bertz CT molecular complexity index is 1300. The van der Waals surface area contributed by atoms with Crippen molar-refractivity contribution in [1.29, 1.82) is 5.26 Å². The third-order valence-electron chi connectivity index (χ3n) is 7.13. The fourth-order valence-electron chi connectivity index (χ4n) is 4.82. The number of hydrazone groups is 1. The Morgan fingerprint density at radius 3 is 2.81 bits per heavy atom. The zero-order valence-corrected chi connectivity index (χ0v) is 21.5. The van der Waals surface area contributed by atoms with Crippen LogP contribution in [0.25, 0.3) is 11.1 Å². The minimum Gasteiger partial charge on any atom is -0.492 e. The Labute approximate surface area is 219 Å². The quantitative estimate of drug-likeness (QED) is 0.439. The monoisotopic (exact) mass is 495 g/mol. The molecule has 2 atom stereocenters. The molecule has 1 aromatic heterocycles. The van der Waals surface area contributed by atoms with Gasteiger partial charge in [-0.3, -0.25) is 14.9 Å². The van der Waals surface area contributed by atoms with Gasteiger partial charge in [0.2, 0.25) is 0 Å². The molecule has 7 heteroatoms. The van der Waals surface area contributed by atoms with Crippen molar-refractivity contribution >= 4 is 11.9 Å². The Morgan fingerprint density at radius 2 is 1.97 bits per heavy atom. The summed E-state index contributed by atoms with van der Waals surface area (Å²) >= 11 is 0. The number of aromatic nitrogens is 1. The minimum atomic E-state index is -0.140. The minimum absolute atomic E-state index is 0.0925. The number of morpholine rings is 1. The Morgan fingerprint density at radius 1 is 1.14 bits per heavy atom. The van der Waals surface area contributed by atoms with Crippen LogP contribution < -0.4 is 9.75 Å². The summed E-state index contributed by atoms with van der Waals surface area (Å²) in [6.45, 7) is 9.78. The molecule has 2 aromatic carbocycles. The summed E-state index contributed by atoms with van der Waals surface area (Å²) in [5.74, 6) is 0.823. The van der Waals surface area contributed by atoms with Gasteiger partial charge in [-0.25, -0.2) is 0 Å². The van der Waals surface area contributed by atoms with E-state index in [1.54, 1.807) is 6.20 Å². The summed E-state index contributed by atoms with van der Waals surface area (Å²) in [6.07, 6.45) is 5.68. The van der Waals surface area contributed by atoms with Crippen molar-refractivity contribution in [3.8, 4) is 22.9 Å². The van der Waals surface area contributed by atoms with Gasteiger partial charge in [-0.2, -0.15) is 10.4 Å². The van der Waals surface area contributed by atoms with E-state index in [2.05, 4.69) is 58.2 Å². The van der Waals surface area contributed by atoms with Crippen LogP contribution in [0, 0.1) is 18.3 Å². The van der Waals surface area contributed by atoms with Crippen LogP contribution in [-0.2, 0) is 4.74 Å². The smallest absolute Gasteiger partial charge is 0.126 e. The highest BCUT2D eigenvalue weighted by atomic mass is 16.5. The second kappa shape index (κ2) is 11.5. The van der Waals surface area contributed by atoms with E-state index in [4.69, 9.17) is 14.6 Å². The average molecular weight is 496 g/mol. The first-order valence-corrected chi connectivity index (χ1v) is 12.9. The van der Waals surface area contributed by atoms with Gasteiger partial charge in [-0.1, -0.05) is 30.3 Å². The molecule has 3 heterocycles. The van der Waals surface area contributed by atoms with Crippen LogP contribution in [0.1, 0.15) is 35.4 Å². The van der Waals surface area contributed by atoms with Crippen LogP contribution >= 0.6 is 0 Å². The van der Waals surface area contributed by atoms with Gasteiger partial charge in [0.05, 0.1) is 37.4 Å². The lowest BCUT2D eigenvalue weighted by molar-refractivity contribution is 0.0322. The summed E-state index contributed by atoms with van der Waals surface area (Å²) < 4.78 is 11.6. The first-order valence-electron chi connectivity index (χ1n) is 12.9. The normalized spacial score (nSPS) is 18.5. The van der Waals surface area contributed by atoms with Crippen molar-refractivity contribution < 1.29 is 9.47 Å². The highest BCUT2D eigenvalue weighted by Crippen LogP contribution is 2.34. The fourth-order valence-corrected chi connectivity index (χ4v) is 4.82. The first kappa shape index (κ1) is 24.9. The van der Waals surface area contributed by atoms with Crippen LogP contribution in [-0.4, -0.2) is 62.1 Å². The van der Waals surface area contributed by atoms with Gasteiger partial charge in [-0.15, -0.1) is 0 Å². The number of anilines is 1. The van der Waals surface area contributed by atoms with Crippen LogP contribution in [0.4, 0.5) is 5.69 Å². The molecule has 5 rings (SSSR count). The SMILES string of the molecule is Cc1ccc(-c2cccc(C(C)C#N)c2)cc1N1CC(c2cnccc2OCCN2CCOCC2)C=N1. The lowest BCUT2D eigenvalue weighted by Crippen LogP contribution is -2.38. The van der Waals surface area contributed by atoms with Crippen LogP contribution in [0.2, 0.25) is 0 Å². The summed E-state index contributed by atoms with van der Waals surface area (Å²) in [6, 6.07) is 19.0. The molecule has 1 saturated heterocycles. The van der Waals surface area contributed by atoms with E-state index in [1.807, 2.05) is 37.5 Å². The number of benzene rings is 2. The van der Waals surface area contributed by atoms with Gasteiger partial charge >= 0.3 is 0 Å². The molecule has 37 heavy (non-hydrogen) atoms. The number of hydrogen-bond acceptors (Lipinski definition) is 7.